The molecule has 0 atom stereocenters. The minimum Gasteiger partial charge on any atom is -0.396 e. The third kappa shape index (κ3) is 3.68. The van der Waals surface area contributed by atoms with Gasteiger partial charge in [0.05, 0.1) is 0 Å². The second-order valence-electron chi connectivity index (χ2n) is 4.22. The number of aromatic nitrogens is 2. The first-order chi connectivity index (χ1) is 8.97. The summed E-state index contributed by atoms with van der Waals surface area (Å²) in [7, 11) is -3.64. The Morgan fingerprint density at radius 2 is 2.16 bits per heavy atom. The van der Waals surface area contributed by atoms with Gasteiger partial charge in [0.2, 0.25) is 10.0 Å². The molecule has 0 aliphatic carbocycles. The van der Waals surface area contributed by atoms with Gasteiger partial charge in [-0.15, -0.1) is 0 Å². The van der Waals surface area contributed by atoms with Crippen molar-refractivity contribution in [1.82, 2.24) is 14.1 Å². The van der Waals surface area contributed by atoms with Crippen molar-refractivity contribution in [3.05, 3.63) is 6.20 Å². The number of hydrogen-bond acceptors (Lipinski definition) is 5. The lowest BCUT2D eigenvalue weighted by Gasteiger charge is -2.19. The molecule has 0 spiro atoms. The van der Waals surface area contributed by atoms with E-state index in [0.717, 1.165) is 6.42 Å². The van der Waals surface area contributed by atoms with Crippen LogP contribution in [0.4, 0.5) is 5.82 Å². The first-order valence-corrected chi connectivity index (χ1v) is 7.85. The topological polar surface area (TPSA) is 101 Å². The Hall–Kier alpha value is -1.12. The standard InChI is InChI=1S/C11H22N4O3S/c1-3-6-14-9-10(11(12)13-14)19(17,18)15(4-2)7-5-8-16/h9,16H,3-8H2,1-2H3,(H2,12,13). The van der Waals surface area contributed by atoms with Crippen LogP contribution in [0.25, 0.3) is 0 Å². The molecular formula is C11H22N4O3S. The van der Waals surface area contributed by atoms with E-state index in [-0.39, 0.29) is 23.9 Å². The van der Waals surface area contributed by atoms with Crippen LogP contribution < -0.4 is 5.73 Å². The maximum Gasteiger partial charge on any atom is 0.248 e. The summed E-state index contributed by atoms with van der Waals surface area (Å²) in [4.78, 5) is 0.0424. The monoisotopic (exact) mass is 290 g/mol. The molecule has 0 saturated heterocycles. The number of rotatable bonds is 8. The van der Waals surface area contributed by atoms with E-state index in [9.17, 15) is 8.42 Å². The quantitative estimate of drug-likeness (QED) is 0.715. The van der Waals surface area contributed by atoms with Crippen LogP contribution in [0.2, 0.25) is 0 Å². The van der Waals surface area contributed by atoms with Crippen molar-refractivity contribution in [2.75, 3.05) is 25.4 Å². The lowest BCUT2D eigenvalue weighted by atomic mass is 10.4. The van der Waals surface area contributed by atoms with E-state index >= 15 is 0 Å². The van der Waals surface area contributed by atoms with Crippen molar-refractivity contribution in [2.24, 2.45) is 0 Å². The number of sulfonamides is 1. The summed E-state index contributed by atoms with van der Waals surface area (Å²) < 4.78 is 27.7. The highest BCUT2D eigenvalue weighted by Gasteiger charge is 2.27. The predicted octanol–water partition coefficient (Wildman–Crippen LogP) is 0.268. The van der Waals surface area contributed by atoms with Gasteiger partial charge in [0, 0.05) is 32.4 Å². The van der Waals surface area contributed by atoms with Crippen LogP contribution in [0.3, 0.4) is 0 Å². The molecule has 19 heavy (non-hydrogen) atoms. The van der Waals surface area contributed by atoms with Crippen molar-refractivity contribution in [3.63, 3.8) is 0 Å². The Balaban J connectivity index is 3.03. The first-order valence-electron chi connectivity index (χ1n) is 6.41. The fourth-order valence-electron chi connectivity index (χ4n) is 1.79. The van der Waals surface area contributed by atoms with Crippen LogP contribution >= 0.6 is 0 Å². The second kappa shape index (κ2) is 6.88. The molecule has 0 bridgehead atoms. The number of nitrogen functional groups attached to an aromatic ring is 1. The number of aliphatic hydroxyl groups is 1. The molecule has 0 aliphatic heterocycles. The summed E-state index contributed by atoms with van der Waals surface area (Å²) in [6.07, 6.45) is 2.72. The van der Waals surface area contributed by atoms with Crippen molar-refractivity contribution >= 4 is 15.8 Å². The number of nitrogens with two attached hydrogens (primary N) is 1. The summed E-state index contributed by atoms with van der Waals surface area (Å²) >= 11 is 0. The molecule has 110 valence electrons. The van der Waals surface area contributed by atoms with E-state index in [1.54, 1.807) is 11.6 Å². The van der Waals surface area contributed by atoms with Gasteiger partial charge in [-0.05, 0) is 12.8 Å². The lowest BCUT2D eigenvalue weighted by molar-refractivity contribution is 0.271. The molecule has 0 aliphatic rings. The minimum absolute atomic E-state index is 0.0240. The van der Waals surface area contributed by atoms with Crippen molar-refractivity contribution in [2.45, 2.75) is 38.1 Å². The molecule has 0 saturated carbocycles. The van der Waals surface area contributed by atoms with Gasteiger partial charge in [0.1, 0.15) is 4.90 Å². The zero-order chi connectivity index (χ0) is 14.5. The van der Waals surface area contributed by atoms with E-state index in [4.69, 9.17) is 10.8 Å². The Labute approximate surface area is 114 Å². The fraction of sp³-hybridized carbons (Fsp3) is 0.727. The van der Waals surface area contributed by atoms with Gasteiger partial charge in [0.25, 0.3) is 0 Å². The van der Waals surface area contributed by atoms with Gasteiger partial charge in [0.15, 0.2) is 5.82 Å². The number of aryl methyl sites for hydroxylation is 1. The summed E-state index contributed by atoms with van der Waals surface area (Å²) in [5.41, 5.74) is 5.69. The van der Waals surface area contributed by atoms with Gasteiger partial charge in [-0.2, -0.15) is 9.40 Å². The minimum atomic E-state index is -3.64. The Morgan fingerprint density at radius 1 is 1.47 bits per heavy atom. The second-order valence-corrected chi connectivity index (χ2v) is 6.12. The van der Waals surface area contributed by atoms with Crippen molar-refractivity contribution in [1.29, 1.82) is 0 Å². The number of nitrogens with zero attached hydrogens (tertiary/aromatic N) is 3. The summed E-state index contributed by atoms with van der Waals surface area (Å²) in [5.74, 6) is 0.0240. The molecule has 0 aromatic carbocycles. The zero-order valence-corrected chi connectivity index (χ0v) is 12.2. The molecule has 0 fully saturated rings. The van der Waals surface area contributed by atoms with E-state index in [2.05, 4.69) is 5.10 Å². The molecule has 3 N–H and O–H groups in total. The van der Waals surface area contributed by atoms with Crippen LogP contribution in [-0.2, 0) is 16.6 Å². The van der Waals surface area contributed by atoms with Gasteiger partial charge >= 0.3 is 0 Å². The van der Waals surface area contributed by atoms with E-state index in [1.165, 1.54) is 10.5 Å². The SMILES string of the molecule is CCCn1cc(S(=O)(=O)N(CC)CCCO)c(N)n1. The number of anilines is 1. The molecule has 1 aromatic heterocycles. The maximum atomic E-state index is 12.4. The highest BCUT2D eigenvalue weighted by Crippen LogP contribution is 2.21. The number of aliphatic hydroxyl groups excluding tert-OH is 1. The Morgan fingerprint density at radius 3 is 2.68 bits per heavy atom. The van der Waals surface area contributed by atoms with Gasteiger partial charge < -0.3 is 10.8 Å². The third-order valence-corrected chi connectivity index (χ3v) is 4.73. The average molecular weight is 290 g/mol. The molecule has 7 nitrogen and oxygen atoms in total. The van der Waals surface area contributed by atoms with Crippen LogP contribution in [0.15, 0.2) is 11.1 Å². The van der Waals surface area contributed by atoms with Crippen LogP contribution in [0.5, 0.6) is 0 Å². The molecular weight excluding hydrogens is 268 g/mol. The Bertz CT molecular complexity index is 498. The maximum absolute atomic E-state index is 12.4. The number of hydrogen-bond donors (Lipinski definition) is 2. The van der Waals surface area contributed by atoms with E-state index in [0.29, 0.717) is 19.5 Å². The van der Waals surface area contributed by atoms with Crippen molar-refractivity contribution in [3.8, 4) is 0 Å². The highest BCUT2D eigenvalue weighted by molar-refractivity contribution is 7.89. The summed E-state index contributed by atoms with van der Waals surface area (Å²) in [5, 5.41) is 12.8. The average Bonchev–Trinajstić information content (AvgIpc) is 2.72. The van der Waals surface area contributed by atoms with Gasteiger partial charge in [-0.3, -0.25) is 4.68 Å². The molecule has 0 unspecified atom stereocenters. The molecule has 1 aromatic rings. The largest absolute Gasteiger partial charge is 0.396 e. The molecule has 8 heteroatoms. The molecule has 0 radical (unpaired) electrons. The van der Waals surface area contributed by atoms with Gasteiger partial charge in [-0.25, -0.2) is 8.42 Å². The fourth-order valence-corrected chi connectivity index (χ4v) is 3.34. The summed E-state index contributed by atoms with van der Waals surface area (Å²) in [6, 6.07) is 0. The lowest BCUT2D eigenvalue weighted by Crippen LogP contribution is -2.32. The normalized spacial score (nSPS) is 12.2. The van der Waals surface area contributed by atoms with Gasteiger partial charge in [-0.1, -0.05) is 13.8 Å². The highest BCUT2D eigenvalue weighted by atomic mass is 32.2. The van der Waals surface area contributed by atoms with E-state index in [1.807, 2.05) is 6.92 Å². The van der Waals surface area contributed by atoms with Crippen LogP contribution in [-0.4, -0.2) is 47.3 Å². The molecule has 1 rings (SSSR count). The Kier molecular flexibility index (Phi) is 5.77. The van der Waals surface area contributed by atoms with Crippen LogP contribution in [0, 0.1) is 0 Å². The smallest absolute Gasteiger partial charge is 0.248 e. The molecule has 1 heterocycles. The molecule has 0 amide bonds. The third-order valence-electron chi connectivity index (χ3n) is 2.74. The van der Waals surface area contributed by atoms with Crippen molar-refractivity contribution < 1.29 is 13.5 Å². The van der Waals surface area contributed by atoms with Crippen LogP contribution in [0.1, 0.15) is 26.7 Å². The predicted molar refractivity (Wildman–Crippen MR) is 73.1 cm³/mol. The van der Waals surface area contributed by atoms with E-state index < -0.39 is 10.0 Å². The first kappa shape index (κ1) is 15.9. The zero-order valence-electron chi connectivity index (χ0n) is 11.4. The summed E-state index contributed by atoms with van der Waals surface area (Å²) in [6.45, 7) is 4.92.